The maximum absolute atomic E-state index is 8.82. The zero-order valence-corrected chi connectivity index (χ0v) is 6.45. The Morgan fingerprint density at radius 3 is 2.90 bits per heavy atom. The summed E-state index contributed by atoms with van der Waals surface area (Å²) in [4.78, 5) is 2.13. The van der Waals surface area contributed by atoms with Crippen molar-refractivity contribution in [3.8, 4) is 0 Å². The highest BCUT2D eigenvalue weighted by atomic mass is 16.3. The van der Waals surface area contributed by atoms with Crippen LogP contribution in [0.25, 0.3) is 0 Å². The second kappa shape index (κ2) is 3.32. The molecule has 1 aliphatic rings. The molecule has 0 radical (unpaired) electrons. The summed E-state index contributed by atoms with van der Waals surface area (Å²) >= 11 is 0. The average Bonchev–Trinajstić information content (AvgIpc) is 1.95. The van der Waals surface area contributed by atoms with E-state index in [0.29, 0.717) is 12.5 Å². The largest absolute Gasteiger partial charge is 0.396 e. The lowest BCUT2D eigenvalue weighted by Crippen LogP contribution is -2.46. The fourth-order valence-corrected chi connectivity index (χ4v) is 1.36. The normalized spacial score (nSPS) is 36.3. The zero-order valence-electron chi connectivity index (χ0n) is 6.45. The highest BCUT2D eigenvalue weighted by Crippen LogP contribution is 2.17. The molecule has 60 valence electrons. The second-order valence-electron chi connectivity index (χ2n) is 3.12. The Hall–Kier alpha value is -0.120. The van der Waals surface area contributed by atoms with Crippen LogP contribution >= 0.6 is 0 Å². The number of rotatable bonds is 1. The van der Waals surface area contributed by atoms with Crippen LogP contribution in [0.15, 0.2) is 0 Å². The van der Waals surface area contributed by atoms with Gasteiger partial charge in [-0.15, -0.1) is 0 Å². The molecular weight excluding hydrogens is 128 g/mol. The molecule has 1 saturated heterocycles. The van der Waals surface area contributed by atoms with Crippen LogP contribution in [0.2, 0.25) is 0 Å². The van der Waals surface area contributed by atoms with Gasteiger partial charge in [-0.3, -0.25) is 4.90 Å². The van der Waals surface area contributed by atoms with Gasteiger partial charge in [0.25, 0.3) is 0 Å². The van der Waals surface area contributed by atoms with Crippen LogP contribution < -0.4 is 5.73 Å². The van der Waals surface area contributed by atoms with Gasteiger partial charge >= 0.3 is 0 Å². The summed E-state index contributed by atoms with van der Waals surface area (Å²) in [5.74, 6) is 0.436. The second-order valence-corrected chi connectivity index (χ2v) is 3.12. The van der Waals surface area contributed by atoms with Crippen molar-refractivity contribution >= 4 is 0 Å². The van der Waals surface area contributed by atoms with Crippen LogP contribution in [-0.4, -0.2) is 36.4 Å². The molecule has 1 heterocycles. The van der Waals surface area contributed by atoms with E-state index in [2.05, 4.69) is 4.90 Å². The Morgan fingerprint density at radius 1 is 1.70 bits per heavy atom. The first-order valence-electron chi connectivity index (χ1n) is 3.80. The predicted octanol–water partition coefficient (Wildman–Crippen LogP) is -0.395. The molecule has 1 fully saturated rings. The van der Waals surface area contributed by atoms with Crippen LogP contribution in [0.5, 0.6) is 0 Å². The number of aliphatic hydroxyl groups excluding tert-OH is 1. The standard InChI is InChI=1S/C7H16N2O/c1-9-3-2-6(5-10)4-7(9)8/h6-7,10H,2-5,8H2,1H3. The molecule has 2 atom stereocenters. The van der Waals surface area contributed by atoms with Gasteiger partial charge in [-0.25, -0.2) is 0 Å². The van der Waals surface area contributed by atoms with E-state index in [9.17, 15) is 0 Å². The van der Waals surface area contributed by atoms with Crippen LogP contribution in [0.1, 0.15) is 12.8 Å². The summed E-state index contributed by atoms with van der Waals surface area (Å²) in [5, 5.41) is 8.82. The van der Waals surface area contributed by atoms with Crippen molar-refractivity contribution in [2.24, 2.45) is 11.7 Å². The first-order valence-corrected chi connectivity index (χ1v) is 3.80. The van der Waals surface area contributed by atoms with Crippen molar-refractivity contribution in [2.75, 3.05) is 20.2 Å². The number of aliphatic hydroxyl groups is 1. The van der Waals surface area contributed by atoms with E-state index in [4.69, 9.17) is 10.8 Å². The molecule has 10 heavy (non-hydrogen) atoms. The van der Waals surface area contributed by atoms with Gasteiger partial charge < -0.3 is 10.8 Å². The van der Waals surface area contributed by atoms with Gasteiger partial charge in [0.15, 0.2) is 0 Å². The maximum Gasteiger partial charge on any atom is 0.0572 e. The predicted molar refractivity (Wildman–Crippen MR) is 40.4 cm³/mol. The molecule has 0 aromatic carbocycles. The molecule has 0 bridgehead atoms. The lowest BCUT2D eigenvalue weighted by Gasteiger charge is -2.33. The van der Waals surface area contributed by atoms with E-state index in [1.54, 1.807) is 0 Å². The summed E-state index contributed by atoms with van der Waals surface area (Å²) in [6, 6.07) is 0. The number of nitrogens with zero attached hydrogens (tertiary/aromatic N) is 1. The Labute approximate surface area is 61.8 Å². The highest BCUT2D eigenvalue weighted by Gasteiger charge is 2.21. The van der Waals surface area contributed by atoms with Crippen molar-refractivity contribution in [2.45, 2.75) is 19.0 Å². The van der Waals surface area contributed by atoms with Crippen LogP contribution in [0.4, 0.5) is 0 Å². The molecule has 1 aliphatic heterocycles. The van der Waals surface area contributed by atoms with E-state index < -0.39 is 0 Å². The number of piperidine rings is 1. The summed E-state index contributed by atoms with van der Waals surface area (Å²) in [6.45, 7) is 1.31. The van der Waals surface area contributed by atoms with Crippen LogP contribution in [0, 0.1) is 5.92 Å². The SMILES string of the molecule is CN1CCC(CO)CC1N. The van der Waals surface area contributed by atoms with E-state index >= 15 is 0 Å². The van der Waals surface area contributed by atoms with Gasteiger partial charge in [0.1, 0.15) is 0 Å². The minimum atomic E-state index is 0.158. The van der Waals surface area contributed by atoms with Crippen molar-refractivity contribution in [1.82, 2.24) is 4.90 Å². The zero-order chi connectivity index (χ0) is 7.56. The summed E-state index contributed by atoms with van der Waals surface area (Å²) in [6.07, 6.45) is 2.18. The molecular formula is C7H16N2O. The van der Waals surface area contributed by atoms with E-state index in [1.807, 2.05) is 7.05 Å². The fraction of sp³-hybridized carbons (Fsp3) is 1.00. The van der Waals surface area contributed by atoms with Crippen LogP contribution in [0.3, 0.4) is 0 Å². The molecule has 3 N–H and O–H groups in total. The molecule has 2 unspecified atom stereocenters. The van der Waals surface area contributed by atoms with Crippen LogP contribution in [-0.2, 0) is 0 Å². The number of hydrogen-bond acceptors (Lipinski definition) is 3. The summed E-state index contributed by atoms with van der Waals surface area (Å²) in [5.41, 5.74) is 5.76. The van der Waals surface area contributed by atoms with E-state index in [-0.39, 0.29) is 6.17 Å². The first kappa shape index (κ1) is 7.98. The van der Waals surface area contributed by atoms with Gasteiger partial charge in [-0.05, 0) is 32.4 Å². The molecule has 0 amide bonds. The molecule has 0 aromatic rings. The van der Waals surface area contributed by atoms with Gasteiger partial charge in [-0.1, -0.05) is 0 Å². The van der Waals surface area contributed by atoms with E-state index in [0.717, 1.165) is 19.4 Å². The molecule has 0 saturated carbocycles. The molecule has 0 spiro atoms. The third-order valence-corrected chi connectivity index (χ3v) is 2.29. The molecule has 0 aliphatic carbocycles. The summed E-state index contributed by atoms with van der Waals surface area (Å²) in [7, 11) is 2.03. The Kier molecular flexibility index (Phi) is 2.65. The van der Waals surface area contributed by atoms with Crippen molar-refractivity contribution in [3.05, 3.63) is 0 Å². The Bertz CT molecular complexity index is 108. The minimum absolute atomic E-state index is 0.158. The topological polar surface area (TPSA) is 49.5 Å². The van der Waals surface area contributed by atoms with Gasteiger partial charge in [0.05, 0.1) is 6.17 Å². The summed E-state index contributed by atoms with van der Waals surface area (Å²) < 4.78 is 0. The van der Waals surface area contributed by atoms with Crippen molar-refractivity contribution in [3.63, 3.8) is 0 Å². The minimum Gasteiger partial charge on any atom is -0.396 e. The van der Waals surface area contributed by atoms with Crippen molar-refractivity contribution in [1.29, 1.82) is 0 Å². The van der Waals surface area contributed by atoms with Gasteiger partial charge in [0.2, 0.25) is 0 Å². The first-order chi connectivity index (χ1) is 4.74. The number of hydrogen-bond donors (Lipinski definition) is 2. The highest BCUT2D eigenvalue weighted by molar-refractivity contribution is 4.74. The molecule has 1 rings (SSSR count). The van der Waals surface area contributed by atoms with Gasteiger partial charge in [0, 0.05) is 6.61 Å². The Balaban J connectivity index is 2.33. The third kappa shape index (κ3) is 1.68. The quantitative estimate of drug-likeness (QED) is 0.526. The number of nitrogens with two attached hydrogens (primary N) is 1. The Morgan fingerprint density at radius 2 is 2.40 bits per heavy atom. The monoisotopic (exact) mass is 144 g/mol. The molecule has 3 nitrogen and oxygen atoms in total. The third-order valence-electron chi connectivity index (χ3n) is 2.29. The molecule has 0 aromatic heterocycles. The fourth-order valence-electron chi connectivity index (χ4n) is 1.36. The van der Waals surface area contributed by atoms with Gasteiger partial charge in [-0.2, -0.15) is 0 Å². The maximum atomic E-state index is 8.82. The average molecular weight is 144 g/mol. The smallest absolute Gasteiger partial charge is 0.0572 e. The lowest BCUT2D eigenvalue weighted by atomic mass is 9.96. The van der Waals surface area contributed by atoms with Crippen molar-refractivity contribution < 1.29 is 5.11 Å². The lowest BCUT2D eigenvalue weighted by molar-refractivity contribution is 0.103. The number of likely N-dealkylation sites (tertiary alicyclic amines) is 1. The van der Waals surface area contributed by atoms with E-state index in [1.165, 1.54) is 0 Å². The molecule has 3 heteroatoms.